The van der Waals surface area contributed by atoms with Crippen molar-refractivity contribution in [3.8, 4) is 0 Å². The van der Waals surface area contributed by atoms with Crippen LogP contribution in [0.15, 0.2) is 48.6 Å². The van der Waals surface area contributed by atoms with Crippen molar-refractivity contribution in [2.75, 3.05) is 13.2 Å². The van der Waals surface area contributed by atoms with Crippen LogP contribution in [0.2, 0.25) is 0 Å². The highest BCUT2D eigenvalue weighted by molar-refractivity contribution is 5.76. The lowest BCUT2D eigenvalue weighted by atomic mass is 10.0. The third-order valence-electron chi connectivity index (χ3n) is 14.3. The number of amides is 1. The van der Waals surface area contributed by atoms with Gasteiger partial charge in [0.15, 0.2) is 0 Å². The highest BCUT2D eigenvalue weighted by atomic mass is 16.5. The highest BCUT2D eigenvalue weighted by Gasteiger charge is 2.18. The van der Waals surface area contributed by atoms with E-state index in [-0.39, 0.29) is 18.5 Å². The maximum Gasteiger partial charge on any atom is 0.305 e. The summed E-state index contributed by atoms with van der Waals surface area (Å²) in [4.78, 5) is 24.5. The van der Waals surface area contributed by atoms with E-state index in [1.807, 2.05) is 6.08 Å². The van der Waals surface area contributed by atoms with E-state index in [9.17, 15) is 19.8 Å². The van der Waals surface area contributed by atoms with Crippen LogP contribution in [0.4, 0.5) is 0 Å². The van der Waals surface area contributed by atoms with Crippen molar-refractivity contribution in [2.24, 2.45) is 0 Å². The normalized spacial score (nSPS) is 12.9. The predicted molar refractivity (Wildman–Crippen MR) is 310 cm³/mol. The van der Waals surface area contributed by atoms with Gasteiger partial charge in [0, 0.05) is 12.8 Å². The van der Waals surface area contributed by atoms with Crippen molar-refractivity contribution in [2.45, 2.75) is 341 Å². The maximum atomic E-state index is 12.4. The van der Waals surface area contributed by atoms with E-state index >= 15 is 0 Å². The molecule has 0 spiro atoms. The zero-order valence-corrected chi connectivity index (χ0v) is 47.5. The van der Waals surface area contributed by atoms with Crippen LogP contribution in [-0.2, 0) is 14.3 Å². The molecule has 0 aromatic carbocycles. The molecule has 6 nitrogen and oxygen atoms in total. The number of hydrogen-bond acceptors (Lipinski definition) is 5. The summed E-state index contributed by atoms with van der Waals surface area (Å²) in [6.45, 7) is 4.87. The Hall–Kier alpha value is -2.18. The Bertz CT molecular complexity index is 1190. The zero-order chi connectivity index (χ0) is 51.4. The Labute approximate surface area is 442 Å². The van der Waals surface area contributed by atoms with Crippen molar-refractivity contribution >= 4 is 11.9 Å². The summed E-state index contributed by atoms with van der Waals surface area (Å²) in [5.74, 6) is -0.0682. The van der Waals surface area contributed by atoms with Crippen molar-refractivity contribution in [1.82, 2.24) is 5.32 Å². The van der Waals surface area contributed by atoms with Gasteiger partial charge in [-0.25, -0.2) is 0 Å². The van der Waals surface area contributed by atoms with Crippen molar-refractivity contribution in [3.05, 3.63) is 48.6 Å². The second-order valence-corrected chi connectivity index (χ2v) is 21.4. The summed E-state index contributed by atoms with van der Waals surface area (Å²) < 4.78 is 5.50. The molecule has 416 valence electrons. The van der Waals surface area contributed by atoms with Crippen LogP contribution in [0.25, 0.3) is 0 Å². The number of allylic oxidation sites excluding steroid dienone is 7. The number of aliphatic hydroxyl groups excluding tert-OH is 2. The summed E-state index contributed by atoms with van der Waals surface area (Å²) in [5.41, 5.74) is 0. The molecule has 0 aliphatic rings. The summed E-state index contributed by atoms with van der Waals surface area (Å²) >= 11 is 0. The monoisotopic (exact) mass is 996 g/mol. The van der Waals surface area contributed by atoms with Gasteiger partial charge in [0.2, 0.25) is 5.91 Å². The highest BCUT2D eigenvalue weighted by Crippen LogP contribution is 2.17. The number of ether oxygens (including phenoxy) is 1. The first-order valence-electron chi connectivity index (χ1n) is 31.4. The van der Waals surface area contributed by atoms with Gasteiger partial charge in [0.05, 0.1) is 25.4 Å². The summed E-state index contributed by atoms with van der Waals surface area (Å²) in [7, 11) is 0. The Balaban J connectivity index is 3.41. The zero-order valence-electron chi connectivity index (χ0n) is 47.5. The van der Waals surface area contributed by atoms with Gasteiger partial charge >= 0.3 is 5.97 Å². The first-order chi connectivity index (χ1) is 35.0. The van der Waals surface area contributed by atoms with E-state index in [2.05, 4.69) is 55.6 Å². The number of unbranched alkanes of at least 4 members (excludes halogenated alkanes) is 41. The molecule has 2 unspecified atom stereocenters. The average molecular weight is 997 g/mol. The molecule has 0 heterocycles. The van der Waals surface area contributed by atoms with Crippen LogP contribution >= 0.6 is 0 Å². The molecular formula is C65H121NO5. The van der Waals surface area contributed by atoms with Crippen LogP contribution in [-0.4, -0.2) is 47.4 Å². The standard InChI is InChI=1S/C65H121NO5/c1-3-5-7-9-11-13-15-17-18-19-25-29-32-35-39-43-47-51-55-59-65(70)71-60-56-52-48-44-40-36-33-30-27-24-22-20-21-23-26-28-31-34-38-42-46-50-54-58-64(69)66-62(61-67)63(68)57-53-49-45-41-37-16-14-12-10-8-6-4-2/h11,13,17-18,23,26,53,57,62-63,67-68H,3-10,12,14-16,19-22,24-25,27-52,54-56,58-61H2,1-2H3,(H,66,69)/b13-11-,18-17-,26-23-,57-53+. The first kappa shape index (κ1) is 68.8. The molecule has 71 heavy (non-hydrogen) atoms. The summed E-state index contributed by atoms with van der Waals surface area (Å²) in [5, 5.41) is 23.0. The van der Waals surface area contributed by atoms with Gasteiger partial charge in [0.1, 0.15) is 0 Å². The summed E-state index contributed by atoms with van der Waals surface area (Å²) in [6, 6.07) is -0.632. The van der Waals surface area contributed by atoms with E-state index in [1.54, 1.807) is 6.08 Å². The molecular weight excluding hydrogens is 875 g/mol. The second kappa shape index (κ2) is 60.4. The number of esters is 1. The molecule has 6 heteroatoms. The second-order valence-electron chi connectivity index (χ2n) is 21.4. The fourth-order valence-corrected chi connectivity index (χ4v) is 9.48. The van der Waals surface area contributed by atoms with E-state index in [0.717, 1.165) is 57.8 Å². The third kappa shape index (κ3) is 57.0. The van der Waals surface area contributed by atoms with Gasteiger partial charge in [0.25, 0.3) is 0 Å². The fraction of sp³-hybridized carbons (Fsp3) is 0.846. The number of carbonyl (C=O) groups excluding carboxylic acids is 2. The molecule has 0 saturated carbocycles. The minimum absolute atomic E-state index is 0.00687. The molecule has 3 N–H and O–H groups in total. The Morgan fingerprint density at radius 3 is 1.11 bits per heavy atom. The molecule has 0 radical (unpaired) electrons. The Kier molecular flexibility index (Phi) is 58.5. The number of nitrogens with one attached hydrogen (secondary N) is 1. The smallest absolute Gasteiger partial charge is 0.305 e. The van der Waals surface area contributed by atoms with Crippen LogP contribution in [0, 0.1) is 0 Å². The molecule has 0 aromatic rings. The van der Waals surface area contributed by atoms with Gasteiger partial charge in [-0.15, -0.1) is 0 Å². The van der Waals surface area contributed by atoms with Crippen LogP contribution in [0.3, 0.4) is 0 Å². The Morgan fingerprint density at radius 1 is 0.394 bits per heavy atom. The van der Waals surface area contributed by atoms with Gasteiger partial charge in [-0.1, -0.05) is 274 Å². The van der Waals surface area contributed by atoms with Crippen LogP contribution in [0.5, 0.6) is 0 Å². The van der Waals surface area contributed by atoms with E-state index < -0.39 is 12.1 Å². The molecule has 0 bridgehead atoms. The van der Waals surface area contributed by atoms with Gasteiger partial charge < -0.3 is 20.3 Å². The molecule has 0 aliphatic carbocycles. The third-order valence-corrected chi connectivity index (χ3v) is 14.3. The van der Waals surface area contributed by atoms with E-state index in [4.69, 9.17) is 4.74 Å². The fourth-order valence-electron chi connectivity index (χ4n) is 9.48. The quantitative estimate of drug-likeness (QED) is 0.0321. The lowest BCUT2D eigenvalue weighted by Crippen LogP contribution is -2.45. The number of aliphatic hydroxyl groups is 2. The minimum Gasteiger partial charge on any atom is -0.466 e. The van der Waals surface area contributed by atoms with Crippen LogP contribution in [0.1, 0.15) is 328 Å². The molecule has 0 saturated heterocycles. The van der Waals surface area contributed by atoms with Gasteiger partial charge in [-0.05, 0) is 89.9 Å². The number of rotatable bonds is 58. The van der Waals surface area contributed by atoms with Crippen molar-refractivity contribution in [1.29, 1.82) is 0 Å². The minimum atomic E-state index is -0.848. The maximum absolute atomic E-state index is 12.4. The topological polar surface area (TPSA) is 95.9 Å². The number of carbonyl (C=O) groups is 2. The Morgan fingerprint density at radius 2 is 0.704 bits per heavy atom. The molecule has 0 aromatic heterocycles. The van der Waals surface area contributed by atoms with Crippen LogP contribution < -0.4 is 5.32 Å². The molecule has 1 amide bonds. The molecule has 2 atom stereocenters. The molecule has 0 aliphatic heterocycles. The van der Waals surface area contributed by atoms with Crippen molar-refractivity contribution < 1.29 is 24.5 Å². The van der Waals surface area contributed by atoms with Crippen molar-refractivity contribution in [3.63, 3.8) is 0 Å². The first-order valence-corrected chi connectivity index (χ1v) is 31.4. The average Bonchev–Trinajstić information content (AvgIpc) is 3.37. The lowest BCUT2D eigenvalue weighted by molar-refractivity contribution is -0.143. The predicted octanol–water partition coefficient (Wildman–Crippen LogP) is 19.7. The van der Waals surface area contributed by atoms with Gasteiger partial charge in [-0.2, -0.15) is 0 Å². The van der Waals surface area contributed by atoms with E-state index in [0.29, 0.717) is 19.4 Å². The SMILES string of the molecule is CCCCC/C=C\C/C=C\CCCCCCCCCCCC(=O)OCCCCCCCCCCCCCC/C=C\CCCCCCCCCC(=O)NC(CO)C(O)/C=C/CCCCCCCCCCCC. The van der Waals surface area contributed by atoms with E-state index in [1.165, 1.54) is 244 Å². The molecule has 0 rings (SSSR count). The largest absolute Gasteiger partial charge is 0.466 e. The molecule has 0 fully saturated rings. The summed E-state index contributed by atoms with van der Waals surface area (Å²) in [6.07, 6.45) is 77.3. The lowest BCUT2D eigenvalue weighted by Gasteiger charge is -2.20. The van der Waals surface area contributed by atoms with Gasteiger partial charge in [-0.3, -0.25) is 9.59 Å². The number of hydrogen-bond donors (Lipinski definition) is 3.